The van der Waals surface area contributed by atoms with Crippen molar-refractivity contribution in [1.29, 1.82) is 0 Å². The van der Waals surface area contributed by atoms with Gasteiger partial charge in [0.1, 0.15) is 5.67 Å². The molecule has 3 N–H and O–H groups in total. The van der Waals surface area contributed by atoms with E-state index in [-0.39, 0.29) is 11.9 Å². The molecule has 1 aromatic carbocycles. The van der Waals surface area contributed by atoms with Crippen LogP contribution in [-0.2, 0) is 0 Å². The van der Waals surface area contributed by atoms with Gasteiger partial charge in [-0.25, -0.2) is 4.39 Å². The molecule has 0 bridgehead atoms. The number of hydrogen-bond donors (Lipinski definition) is 2. The molecular formula is C12H14ClFN2O. The molecule has 17 heavy (non-hydrogen) atoms. The number of nitrogens with two attached hydrogens (primary N) is 1. The lowest BCUT2D eigenvalue weighted by Crippen LogP contribution is -2.51. The fraction of sp³-hybridized carbons (Fsp3) is 0.417. The molecule has 1 aliphatic rings. The lowest BCUT2D eigenvalue weighted by atomic mass is 9.79. The van der Waals surface area contributed by atoms with Crippen molar-refractivity contribution in [3.63, 3.8) is 0 Å². The highest BCUT2D eigenvalue weighted by atomic mass is 35.5. The quantitative estimate of drug-likeness (QED) is 0.799. The normalized spacial score (nSPS) is 27.4. The third-order valence-corrected chi connectivity index (χ3v) is 3.24. The minimum atomic E-state index is -1.16. The number of rotatable bonds is 2. The number of anilines is 1. The van der Waals surface area contributed by atoms with E-state index in [4.69, 9.17) is 17.3 Å². The zero-order valence-electron chi connectivity index (χ0n) is 9.47. The summed E-state index contributed by atoms with van der Waals surface area (Å²) < 4.78 is 13.3. The van der Waals surface area contributed by atoms with Gasteiger partial charge in [0.25, 0.3) is 5.91 Å². The molecule has 1 saturated carbocycles. The SMILES string of the molecule is CC1(F)CC(NC(=O)c2cc(N)ccc2Cl)C1. The van der Waals surface area contributed by atoms with Crippen LogP contribution < -0.4 is 11.1 Å². The maximum Gasteiger partial charge on any atom is 0.253 e. The van der Waals surface area contributed by atoms with Gasteiger partial charge in [0.15, 0.2) is 0 Å². The molecule has 0 heterocycles. The molecule has 0 atom stereocenters. The molecule has 1 aliphatic carbocycles. The average Bonchev–Trinajstić information content (AvgIpc) is 2.19. The van der Waals surface area contributed by atoms with Crippen molar-refractivity contribution in [1.82, 2.24) is 5.32 Å². The molecule has 1 fully saturated rings. The average molecular weight is 257 g/mol. The first-order chi connectivity index (χ1) is 7.87. The number of amides is 1. The molecular weight excluding hydrogens is 243 g/mol. The highest BCUT2D eigenvalue weighted by Crippen LogP contribution is 2.35. The van der Waals surface area contributed by atoms with Crippen molar-refractivity contribution in [3.8, 4) is 0 Å². The smallest absolute Gasteiger partial charge is 0.253 e. The third-order valence-electron chi connectivity index (χ3n) is 2.91. The van der Waals surface area contributed by atoms with E-state index in [2.05, 4.69) is 5.32 Å². The fourth-order valence-electron chi connectivity index (χ4n) is 2.05. The number of nitrogens with one attached hydrogen (secondary N) is 1. The van der Waals surface area contributed by atoms with Crippen LogP contribution in [0.4, 0.5) is 10.1 Å². The predicted molar refractivity (Wildman–Crippen MR) is 65.9 cm³/mol. The molecule has 0 unspecified atom stereocenters. The lowest BCUT2D eigenvalue weighted by molar-refractivity contribution is 0.0445. The molecule has 2 rings (SSSR count). The number of hydrogen-bond acceptors (Lipinski definition) is 2. The Morgan fingerprint density at radius 1 is 1.59 bits per heavy atom. The Morgan fingerprint density at radius 2 is 2.24 bits per heavy atom. The molecule has 5 heteroatoms. The topological polar surface area (TPSA) is 55.1 Å². The monoisotopic (exact) mass is 256 g/mol. The van der Waals surface area contributed by atoms with Gasteiger partial charge in [-0.1, -0.05) is 11.6 Å². The summed E-state index contributed by atoms with van der Waals surface area (Å²) in [7, 11) is 0. The van der Waals surface area contributed by atoms with E-state index in [1.807, 2.05) is 0 Å². The van der Waals surface area contributed by atoms with Gasteiger partial charge in [-0.2, -0.15) is 0 Å². The van der Waals surface area contributed by atoms with Crippen LogP contribution in [0.3, 0.4) is 0 Å². The van der Waals surface area contributed by atoms with Crippen LogP contribution in [0.15, 0.2) is 18.2 Å². The van der Waals surface area contributed by atoms with E-state index in [0.717, 1.165) is 0 Å². The van der Waals surface area contributed by atoms with Gasteiger partial charge in [0, 0.05) is 24.6 Å². The minimum Gasteiger partial charge on any atom is -0.399 e. The first-order valence-electron chi connectivity index (χ1n) is 5.42. The summed E-state index contributed by atoms with van der Waals surface area (Å²) in [6, 6.07) is 4.60. The maximum atomic E-state index is 13.3. The van der Waals surface area contributed by atoms with Crippen molar-refractivity contribution in [3.05, 3.63) is 28.8 Å². The van der Waals surface area contributed by atoms with Gasteiger partial charge in [0.05, 0.1) is 10.6 Å². The third kappa shape index (κ3) is 2.69. The predicted octanol–water partition coefficient (Wildman–Crippen LogP) is 2.54. The number of nitrogen functional groups attached to an aromatic ring is 1. The minimum absolute atomic E-state index is 0.116. The zero-order chi connectivity index (χ0) is 12.6. The van der Waals surface area contributed by atoms with E-state index in [0.29, 0.717) is 29.1 Å². The second-order valence-electron chi connectivity index (χ2n) is 4.73. The zero-order valence-corrected chi connectivity index (χ0v) is 10.2. The van der Waals surface area contributed by atoms with Crippen LogP contribution in [0.2, 0.25) is 5.02 Å². The first kappa shape index (κ1) is 12.2. The van der Waals surface area contributed by atoms with E-state index >= 15 is 0 Å². The number of benzene rings is 1. The molecule has 0 aromatic heterocycles. The molecule has 3 nitrogen and oxygen atoms in total. The second-order valence-corrected chi connectivity index (χ2v) is 5.14. The molecule has 0 radical (unpaired) electrons. The summed E-state index contributed by atoms with van der Waals surface area (Å²) >= 11 is 5.90. The summed E-state index contributed by atoms with van der Waals surface area (Å²) in [6.45, 7) is 1.53. The first-order valence-corrected chi connectivity index (χ1v) is 5.80. The van der Waals surface area contributed by atoms with Crippen LogP contribution in [0.25, 0.3) is 0 Å². The van der Waals surface area contributed by atoms with E-state index in [1.54, 1.807) is 12.1 Å². The highest BCUT2D eigenvalue weighted by molar-refractivity contribution is 6.34. The van der Waals surface area contributed by atoms with Gasteiger partial charge in [0.2, 0.25) is 0 Å². The molecule has 0 saturated heterocycles. The Labute approximate surface area is 104 Å². The second kappa shape index (κ2) is 4.18. The molecule has 0 spiro atoms. The van der Waals surface area contributed by atoms with Crippen LogP contribution in [0, 0.1) is 0 Å². The van der Waals surface area contributed by atoms with Gasteiger partial charge in [-0.05, 0) is 25.1 Å². The lowest BCUT2D eigenvalue weighted by Gasteiger charge is -2.39. The van der Waals surface area contributed by atoms with Crippen molar-refractivity contribution >= 4 is 23.2 Å². The van der Waals surface area contributed by atoms with Crippen LogP contribution in [0.1, 0.15) is 30.1 Å². The van der Waals surface area contributed by atoms with Crippen molar-refractivity contribution in [2.75, 3.05) is 5.73 Å². The number of carbonyl (C=O) groups is 1. The van der Waals surface area contributed by atoms with Crippen LogP contribution in [-0.4, -0.2) is 17.6 Å². The standard InChI is InChI=1S/C12H14ClFN2O/c1-12(14)5-8(6-12)16-11(17)9-4-7(15)2-3-10(9)13/h2-4,8H,5-6,15H2,1H3,(H,16,17). The van der Waals surface area contributed by atoms with Crippen molar-refractivity contribution in [2.45, 2.75) is 31.5 Å². The van der Waals surface area contributed by atoms with E-state index in [9.17, 15) is 9.18 Å². The maximum absolute atomic E-state index is 13.3. The number of carbonyl (C=O) groups excluding carboxylic acids is 1. The van der Waals surface area contributed by atoms with Crippen LogP contribution >= 0.6 is 11.6 Å². The summed E-state index contributed by atoms with van der Waals surface area (Å²) in [5, 5.41) is 3.08. The number of alkyl halides is 1. The Kier molecular flexibility index (Phi) is 3.00. The molecule has 92 valence electrons. The Bertz CT molecular complexity index is 454. The summed E-state index contributed by atoms with van der Waals surface area (Å²) in [5.41, 5.74) is 5.24. The van der Waals surface area contributed by atoms with Gasteiger partial charge in [-0.15, -0.1) is 0 Å². The Hall–Kier alpha value is -1.29. The van der Waals surface area contributed by atoms with Gasteiger partial charge < -0.3 is 11.1 Å². The molecule has 1 amide bonds. The van der Waals surface area contributed by atoms with Gasteiger partial charge in [-0.3, -0.25) is 4.79 Å². The van der Waals surface area contributed by atoms with E-state index in [1.165, 1.54) is 13.0 Å². The summed E-state index contributed by atoms with van der Waals surface area (Å²) in [4.78, 5) is 11.9. The fourth-order valence-corrected chi connectivity index (χ4v) is 2.25. The van der Waals surface area contributed by atoms with Gasteiger partial charge >= 0.3 is 0 Å². The largest absolute Gasteiger partial charge is 0.399 e. The molecule has 1 aromatic rings. The summed E-state index contributed by atoms with van der Waals surface area (Å²) in [6.07, 6.45) is 0.692. The van der Waals surface area contributed by atoms with Crippen molar-refractivity contribution in [2.24, 2.45) is 0 Å². The van der Waals surface area contributed by atoms with Crippen molar-refractivity contribution < 1.29 is 9.18 Å². The Morgan fingerprint density at radius 3 is 2.82 bits per heavy atom. The number of halogens is 2. The summed E-state index contributed by atoms with van der Waals surface area (Å²) in [5.74, 6) is -0.303. The van der Waals surface area contributed by atoms with E-state index < -0.39 is 5.67 Å². The van der Waals surface area contributed by atoms with Crippen LogP contribution in [0.5, 0.6) is 0 Å². The highest BCUT2D eigenvalue weighted by Gasteiger charge is 2.41. The molecule has 0 aliphatic heterocycles. The Balaban J connectivity index is 2.03.